The summed E-state index contributed by atoms with van der Waals surface area (Å²) < 4.78 is 4.60. The average Bonchev–Trinajstić information content (AvgIpc) is 2.16. The van der Waals surface area contributed by atoms with E-state index in [1.807, 2.05) is 0 Å². The molecule has 0 aliphatic carbocycles. The molecular formula is C9H9ClN2O4. The van der Waals surface area contributed by atoms with Crippen LogP contribution in [0.5, 0.6) is 0 Å². The molecule has 0 bridgehead atoms. The van der Waals surface area contributed by atoms with E-state index in [1.54, 1.807) is 6.07 Å². The molecular weight excluding hydrogens is 236 g/mol. The van der Waals surface area contributed by atoms with Gasteiger partial charge in [0.15, 0.2) is 0 Å². The summed E-state index contributed by atoms with van der Waals surface area (Å²) in [5.74, 6) is -1.58. The van der Waals surface area contributed by atoms with Gasteiger partial charge in [0.25, 0.3) is 0 Å². The molecule has 16 heavy (non-hydrogen) atoms. The van der Waals surface area contributed by atoms with Gasteiger partial charge < -0.3 is 15.2 Å². The van der Waals surface area contributed by atoms with Gasteiger partial charge in [-0.2, -0.15) is 0 Å². The summed E-state index contributed by atoms with van der Waals surface area (Å²) in [4.78, 5) is 25.1. The van der Waals surface area contributed by atoms with Gasteiger partial charge in [0.1, 0.15) is 18.4 Å². The topological polar surface area (TPSA) is 88.5 Å². The number of pyridine rings is 1. The third kappa shape index (κ3) is 4.72. The highest BCUT2D eigenvalue weighted by Gasteiger charge is 2.04. The molecule has 0 saturated carbocycles. The molecule has 86 valence electrons. The van der Waals surface area contributed by atoms with Crippen LogP contribution in [0.3, 0.4) is 0 Å². The van der Waals surface area contributed by atoms with Gasteiger partial charge in [0.05, 0.1) is 0 Å². The quantitative estimate of drug-likeness (QED) is 0.747. The molecule has 0 aliphatic heterocycles. The molecule has 2 N–H and O–H groups in total. The Morgan fingerprint density at radius 1 is 1.50 bits per heavy atom. The Morgan fingerprint density at radius 2 is 2.25 bits per heavy atom. The highest BCUT2D eigenvalue weighted by molar-refractivity contribution is 6.29. The lowest BCUT2D eigenvalue weighted by Crippen LogP contribution is -2.20. The molecule has 1 aromatic rings. The number of halogens is 1. The maximum absolute atomic E-state index is 11.2. The van der Waals surface area contributed by atoms with Crippen LogP contribution in [-0.4, -0.2) is 35.2 Å². The number of nitrogens with one attached hydrogen (secondary N) is 1. The molecule has 0 aliphatic rings. The van der Waals surface area contributed by atoms with Crippen LogP contribution in [0.4, 0.5) is 5.69 Å². The van der Waals surface area contributed by atoms with Gasteiger partial charge in [-0.25, -0.2) is 9.78 Å². The SMILES string of the molecule is O=C(O)COCC(=O)Nc1ccnc(Cl)c1. The van der Waals surface area contributed by atoms with Crippen LogP contribution in [0, 0.1) is 0 Å². The van der Waals surface area contributed by atoms with Crippen molar-refractivity contribution in [3.8, 4) is 0 Å². The number of rotatable bonds is 5. The number of aliphatic carboxylic acids is 1. The summed E-state index contributed by atoms with van der Waals surface area (Å²) in [5, 5.41) is 11.0. The van der Waals surface area contributed by atoms with Crippen molar-refractivity contribution in [1.29, 1.82) is 0 Å². The van der Waals surface area contributed by atoms with Crippen LogP contribution in [0.2, 0.25) is 5.15 Å². The Labute approximate surface area is 96.2 Å². The van der Waals surface area contributed by atoms with Crippen LogP contribution in [0.15, 0.2) is 18.3 Å². The number of anilines is 1. The minimum Gasteiger partial charge on any atom is -0.480 e. The molecule has 0 spiro atoms. The van der Waals surface area contributed by atoms with Crippen molar-refractivity contribution < 1.29 is 19.4 Å². The minimum absolute atomic E-state index is 0.254. The molecule has 0 fully saturated rings. The van der Waals surface area contributed by atoms with Crippen LogP contribution in [0.1, 0.15) is 0 Å². The first-order valence-electron chi connectivity index (χ1n) is 4.29. The lowest BCUT2D eigenvalue weighted by atomic mass is 10.4. The number of nitrogens with zero attached hydrogens (tertiary/aromatic N) is 1. The Hall–Kier alpha value is -1.66. The second-order valence-corrected chi connectivity index (χ2v) is 3.19. The van der Waals surface area contributed by atoms with E-state index in [0.29, 0.717) is 5.69 Å². The first kappa shape index (κ1) is 12.4. The van der Waals surface area contributed by atoms with E-state index in [2.05, 4.69) is 15.0 Å². The molecule has 0 unspecified atom stereocenters. The molecule has 1 heterocycles. The largest absolute Gasteiger partial charge is 0.480 e. The molecule has 1 amide bonds. The van der Waals surface area contributed by atoms with Crippen molar-refractivity contribution in [2.45, 2.75) is 0 Å². The van der Waals surface area contributed by atoms with Crippen molar-refractivity contribution in [2.24, 2.45) is 0 Å². The first-order valence-corrected chi connectivity index (χ1v) is 4.66. The zero-order chi connectivity index (χ0) is 12.0. The third-order valence-electron chi connectivity index (χ3n) is 1.47. The highest BCUT2D eigenvalue weighted by atomic mass is 35.5. The van der Waals surface area contributed by atoms with E-state index in [1.165, 1.54) is 12.3 Å². The standard InChI is InChI=1S/C9H9ClN2O4/c10-7-3-6(1-2-11-7)12-8(13)4-16-5-9(14)15/h1-3H,4-5H2,(H,14,15)(H,11,12,13). The van der Waals surface area contributed by atoms with Crippen LogP contribution in [-0.2, 0) is 14.3 Å². The van der Waals surface area contributed by atoms with Crippen LogP contribution in [0.25, 0.3) is 0 Å². The third-order valence-corrected chi connectivity index (χ3v) is 1.68. The monoisotopic (exact) mass is 244 g/mol. The van der Waals surface area contributed by atoms with Gasteiger partial charge in [-0.3, -0.25) is 4.79 Å². The number of aromatic nitrogens is 1. The van der Waals surface area contributed by atoms with Gasteiger partial charge in [-0.15, -0.1) is 0 Å². The lowest BCUT2D eigenvalue weighted by molar-refractivity contribution is -0.143. The second-order valence-electron chi connectivity index (χ2n) is 2.80. The Balaban J connectivity index is 2.37. The van der Waals surface area contributed by atoms with Crippen molar-refractivity contribution in [2.75, 3.05) is 18.5 Å². The molecule has 0 atom stereocenters. The normalized spacial score (nSPS) is 9.81. The molecule has 6 nitrogen and oxygen atoms in total. The highest BCUT2D eigenvalue weighted by Crippen LogP contribution is 2.11. The summed E-state index contributed by atoms with van der Waals surface area (Å²) in [7, 11) is 0. The zero-order valence-electron chi connectivity index (χ0n) is 8.14. The fourth-order valence-electron chi connectivity index (χ4n) is 0.908. The van der Waals surface area contributed by atoms with E-state index in [4.69, 9.17) is 16.7 Å². The smallest absolute Gasteiger partial charge is 0.329 e. The summed E-state index contributed by atoms with van der Waals surface area (Å²) >= 11 is 5.60. The van der Waals surface area contributed by atoms with Crippen LogP contribution < -0.4 is 5.32 Å². The van der Waals surface area contributed by atoms with E-state index < -0.39 is 18.5 Å². The predicted octanol–water partition coefficient (Wildman–Crippen LogP) is 0.775. The van der Waals surface area contributed by atoms with Crippen molar-refractivity contribution >= 4 is 29.2 Å². The van der Waals surface area contributed by atoms with Crippen LogP contribution >= 0.6 is 11.6 Å². The number of hydrogen-bond acceptors (Lipinski definition) is 4. The predicted molar refractivity (Wildman–Crippen MR) is 56.3 cm³/mol. The Bertz CT molecular complexity index is 397. The molecule has 0 aromatic carbocycles. The first-order chi connectivity index (χ1) is 7.58. The second kappa shape index (κ2) is 6.04. The maximum atomic E-state index is 11.2. The van der Waals surface area contributed by atoms with Gasteiger partial charge in [0.2, 0.25) is 5.91 Å². The fourth-order valence-corrected chi connectivity index (χ4v) is 1.08. The Morgan fingerprint density at radius 3 is 2.88 bits per heavy atom. The maximum Gasteiger partial charge on any atom is 0.329 e. The molecule has 0 radical (unpaired) electrons. The number of carboxylic acid groups (broad SMARTS) is 1. The number of ether oxygens (including phenoxy) is 1. The molecule has 1 rings (SSSR count). The molecule has 7 heteroatoms. The number of amides is 1. The summed E-state index contributed by atoms with van der Waals surface area (Å²) in [6.45, 7) is -0.837. The van der Waals surface area contributed by atoms with Crippen molar-refractivity contribution in [3.63, 3.8) is 0 Å². The number of carbonyl (C=O) groups is 2. The van der Waals surface area contributed by atoms with Gasteiger partial charge in [0, 0.05) is 11.9 Å². The molecule has 0 saturated heterocycles. The van der Waals surface area contributed by atoms with Gasteiger partial charge >= 0.3 is 5.97 Å². The van der Waals surface area contributed by atoms with Crippen molar-refractivity contribution in [3.05, 3.63) is 23.5 Å². The average molecular weight is 245 g/mol. The summed E-state index contributed by atoms with van der Waals surface area (Å²) in [6.07, 6.45) is 1.44. The van der Waals surface area contributed by atoms with E-state index in [0.717, 1.165) is 0 Å². The van der Waals surface area contributed by atoms with Crippen molar-refractivity contribution in [1.82, 2.24) is 4.98 Å². The zero-order valence-corrected chi connectivity index (χ0v) is 8.90. The van der Waals surface area contributed by atoms with E-state index >= 15 is 0 Å². The van der Waals surface area contributed by atoms with Gasteiger partial charge in [-0.05, 0) is 12.1 Å². The molecule has 1 aromatic heterocycles. The summed E-state index contributed by atoms with van der Waals surface area (Å²) in [5.41, 5.74) is 0.476. The van der Waals surface area contributed by atoms with E-state index in [9.17, 15) is 9.59 Å². The number of carboxylic acids is 1. The lowest BCUT2D eigenvalue weighted by Gasteiger charge is -2.04. The summed E-state index contributed by atoms with van der Waals surface area (Å²) in [6, 6.07) is 3.03. The fraction of sp³-hybridized carbons (Fsp3) is 0.222. The van der Waals surface area contributed by atoms with E-state index in [-0.39, 0.29) is 11.8 Å². The minimum atomic E-state index is -1.13. The number of carbonyl (C=O) groups excluding carboxylic acids is 1. The number of hydrogen-bond donors (Lipinski definition) is 2. The van der Waals surface area contributed by atoms with Gasteiger partial charge in [-0.1, -0.05) is 11.6 Å². The Kier molecular flexibility index (Phi) is 4.68.